The van der Waals surface area contributed by atoms with E-state index in [1.54, 1.807) is 6.07 Å². The van der Waals surface area contributed by atoms with Crippen molar-refractivity contribution in [2.24, 2.45) is 0 Å². The van der Waals surface area contributed by atoms with Gasteiger partial charge in [-0.2, -0.15) is 0 Å². The lowest BCUT2D eigenvalue weighted by Gasteiger charge is -2.07. The smallest absolute Gasteiger partial charge is 0.167 e. The Labute approximate surface area is 117 Å². The van der Waals surface area contributed by atoms with E-state index < -0.39 is 5.82 Å². The van der Waals surface area contributed by atoms with Gasteiger partial charge in [-0.05, 0) is 37.1 Å². The van der Waals surface area contributed by atoms with E-state index in [4.69, 9.17) is 11.6 Å². The van der Waals surface area contributed by atoms with Crippen LogP contribution in [0.25, 0.3) is 0 Å². The van der Waals surface area contributed by atoms with Gasteiger partial charge in [0.05, 0.1) is 0 Å². The molecule has 0 aliphatic heterocycles. The quantitative estimate of drug-likeness (QED) is 0.753. The second-order valence-electron chi connectivity index (χ2n) is 4.65. The van der Waals surface area contributed by atoms with E-state index >= 15 is 0 Å². The zero-order valence-electron chi connectivity index (χ0n) is 10.8. The van der Waals surface area contributed by atoms with Gasteiger partial charge in [-0.3, -0.25) is 4.79 Å². The largest absolute Gasteiger partial charge is 0.294 e. The van der Waals surface area contributed by atoms with Gasteiger partial charge in [0.15, 0.2) is 5.78 Å². The van der Waals surface area contributed by atoms with Gasteiger partial charge >= 0.3 is 0 Å². The van der Waals surface area contributed by atoms with Crippen molar-refractivity contribution in [2.75, 3.05) is 0 Å². The normalized spacial score (nSPS) is 10.5. The van der Waals surface area contributed by atoms with Crippen LogP contribution in [0.2, 0.25) is 5.02 Å². The molecule has 2 aromatic rings. The molecular formula is C16H14ClFO. The predicted molar refractivity (Wildman–Crippen MR) is 75.4 cm³/mol. The average molecular weight is 277 g/mol. The molecule has 0 bridgehead atoms. The van der Waals surface area contributed by atoms with Crippen molar-refractivity contribution < 1.29 is 9.18 Å². The molecule has 0 N–H and O–H groups in total. The van der Waals surface area contributed by atoms with Crippen molar-refractivity contribution in [1.82, 2.24) is 0 Å². The molecule has 0 amide bonds. The minimum atomic E-state index is -0.396. The summed E-state index contributed by atoms with van der Waals surface area (Å²) in [6, 6.07) is 9.80. The molecule has 0 aliphatic carbocycles. The monoisotopic (exact) mass is 276 g/mol. The van der Waals surface area contributed by atoms with Crippen LogP contribution < -0.4 is 0 Å². The fraction of sp³-hybridized carbons (Fsp3) is 0.188. The van der Waals surface area contributed by atoms with Crippen LogP contribution in [0.3, 0.4) is 0 Å². The maximum Gasteiger partial charge on any atom is 0.167 e. The zero-order chi connectivity index (χ0) is 14.0. The fourth-order valence-electron chi connectivity index (χ4n) is 2.06. The number of hydrogen-bond donors (Lipinski definition) is 0. The van der Waals surface area contributed by atoms with Crippen LogP contribution in [0.1, 0.15) is 27.0 Å². The van der Waals surface area contributed by atoms with Gasteiger partial charge < -0.3 is 0 Å². The first-order valence-corrected chi connectivity index (χ1v) is 6.39. The maximum absolute atomic E-state index is 12.9. The molecule has 19 heavy (non-hydrogen) atoms. The van der Waals surface area contributed by atoms with Gasteiger partial charge in [0.25, 0.3) is 0 Å². The highest BCUT2D eigenvalue weighted by Gasteiger charge is 2.12. The molecule has 0 radical (unpaired) electrons. The molecule has 0 saturated heterocycles. The molecular weight excluding hydrogens is 263 g/mol. The number of benzene rings is 2. The van der Waals surface area contributed by atoms with Crippen LogP contribution >= 0.6 is 11.6 Å². The third kappa shape index (κ3) is 3.21. The van der Waals surface area contributed by atoms with E-state index in [0.29, 0.717) is 11.1 Å². The molecule has 98 valence electrons. The number of ketones is 1. The summed E-state index contributed by atoms with van der Waals surface area (Å²) in [5.74, 6) is -0.404. The number of rotatable bonds is 3. The van der Waals surface area contributed by atoms with Crippen molar-refractivity contribution >= 4 is 17.4 Å². The molecule has 0 saturated carbocycles. The third-order valence-electron chi connectivity index (χ3n) is 3.05. The number of halogens is 2. The molecule has 2 rings (SSSR count). The molecule has 0 unspecified atom stereocenters. The Morgan fingerprint density at radius 3 is 2.53 bits per heavy atom. The van der Waals surface area contributed by atoms with Gasteiger partial charge in [-0.15, -0.1) is 0 Å². The van der Waals surface area contributed by atoms with Gasteiger partial charge in [0.2, 0.25) is 0 Å². The van der Waals surface area contributed by atoms with Crippen molar-refractivity contribution in [3.8, 4) is 0 Å². The Bertz CT molecular complexity index is 635. The molecule has 0 fully saturated rings. The van der Waals surface area contributed by atoms with Gasteiger partial charge in [-0.1, -0.05) is 41.4 Å². The van der Waals surface area contributed by atoms with Crippen molar-refractivity contribution in [2.45, 2.75) is 20.3 Å². The van der Waals surface area contributed by atoms with E-state index in [0.717, 1.165) is 11.1 Å². The number of carbonyl (C=O) groups is 1. The molecule has 3 heteroatoms. The number of hydrogen-bond acceptors (Lipinski definition) is 1. The second kappa shape index (κ2) is 5.54. The number of carbonyl (C=O) groups excluding carboxylic acids is 1. The Kier molecular flexibility index (Phi) is 4.01. The van der Waals surface area contributed by atoms with Crippen molar-refractivity contribution in [1.29, 1.82) is 0 Å². The Morgan fingerprint density at radius 1 is 1.16 bits per heavy atom. The van der Waals surface area contributed by atoms with E-state index in [1.807, 2.05) is 32.0 Å². The van der Waals surface area contributed by atoms with E-state index in [1.165, 1.54) is 12.1 Å². The molecule has 0 aliphatic rings. The summed E-state index contributed by atoms with van der Waals surface area (Å²) >= 11 is 5.93. The van der Waals surface area contributed by atoms with Gasteiger partial charge in [-0.25, -0.2) is 4.39 Å². The summed E-state index contributed by atoms with van der Waals surface area (Å²) < 4.78 is 12.9. The van der Waals surface area contributed by atoms with Crippen LogP contribution in [-0.2, 0) is 6.42 Å². The second-order valence-corrected chi connectivity index (χ2v) is 5.06. The molecule has 0 aromatic heterocycles. The number of aryl methyl sites for hydroxylation is 2. The van der Waals surface area contributed by atoms with Crippen LogP contribution in [0.4, 0.5) is 4.39 Å². The third-order valence-corrected chi connectivity index (χ3v) is 3.40. The summed E-state index contributed by atoms with van der Waals surface area (Å²) in [6.07, 6.45) is 0.184. The first-order chi connectivity index (χ1) is 8.97. The molecule has 0 spiro atoms. The SMILES string of the molecule is Cc1ccc(C(=O)Cc2ccc(F)cc2Cl)c(C)c1. The first kappa shape index (κ1) is 13.8. The van der Waals surface area contributed by atoms with Crippen molar-refractivity contribution in [3.05, 3.63) is 69.5 Å². The molecule has 2 aromatic carbocycles. The van der Waals surface area contributed by atoms with Crippen LogP contribution in [0.5, 0.6) is 0 Å². The highest BCUT2D eigenvalue weighted by atomic mass is 35.5. The van der Waals surface area contributed by atoms with Crippen LogP contribution in [0.15, 0.2) is 36.4 Å². The maximum atomic E-state index is 12.9. The van der Waals surface area contributed by atoms with Crippen LogP contribution in [-0.4, -0.2) is 5.78 Å². The Morgan fingerprint density at radius 2 is 1.89 bits per heavy atom. The first-order valence-electron chi connectivity index (χ1n) is 6.02. The minimum absolute atomic E-state index is 0.00833. The van der Waals surface area contributed by atoms with Crippen LogP contribution in [0, 0.1) is 19.7 Å². The lowest BCUT2D eigenvalue weighted by molar-refractivity contribution is 0.0992. The zero-order valence-corrected chi connectivity index (χ0v) is 11.6. The standard InChI is InChI=1S/C16H14ClFO/c1-10-3-6-14(11(2)7-10)16(19)8-12-4-5-13(18)9-15(12)17/h3-7,9H,8H2,1-2H3. The Balaban J connectivity index is 2.25. The van der Waals surface area contributed by atoms with E-state index in [2.05, 4.69) is 0 Å². The van der Waals surface area contributed by atoms with E-state index in [9.17, 15) is 9.18 Å². The van der Waals surface area contributed by atoms with E-state index in [-0.39, 0.29) is 17.2 Å². The summed E-state index contributed by atoms with van der Waals surface area (Å²) in [5.41, 5.74) is 3.40. The lowest BCUT2D eigenvalue weighted by Crippen LogP contribution is -2.06. The number of Topliss-reactive ketones (excluding diaryl/α,β-unsaturated/α-hetero) is 1. The van der Waals surface area contributed by atoms with Gasteiger partial charge in [0, 0.05) is 17.0 Å². The molecule has 1 nitrogen and oxygen atoms in total. The fourth-order valence-corrected chi connectivity index (χ4v) is 2.29. The minimum Gasteiger partial charge on any atom is -0.294 e. The predicted octanol–water partition coefficient (Wildman–Crippen LogP) is 4.52. The molecule has 0 atom stereocenters. The van der Waals surface area contributed by atoms with Gasteiger partial charge in [0.1, 0.15) is 5.82 Å². The molecule has 0 heterocycles. The Hall–Kier alpha value is -1.67. The summed E-state index contributed by atoms with van der Waals surface area (Å²) in [6.45, 7) is 3.89. The summed E-state index contributed by atoms with van der Waals surface area (Å²) in [7, 11) is 0. The summed E-state index contributed by atoms with van der Waals surface area (Å²) in [4.78, 5) is 12.2. The summed E-state index contributed by atoms with van der Waals surface area (Å²) in [5, 5.41) is 0.290. The van der Waals surface area contributed by atoms with Crippen molar-refractivity contribution in [3.63, 3.8) is 0 Å². The topological polar surface area (TPSA) is 17.1 Å². The lowest BCUT2D eigenvalue weighted by atomic mass is 9.98. The average Bonchev–Trinajstić information content (AvgIpc) is 2.32. The highest BCUT2D eigenvalue weighted by molar-refractivity contribution is 6.31. The highest BCUT2D eigenvalue weighted by Crippen LogP contribution is 2.20.